The lowest BCUT2D eigenvalue weighted by Gasteiger charge is -2.38. The Kier molecular flexibility index (Phi) is 3.51. The minimum absolute atomic E-state index is 0.459. The van der Waals surface area contributed by atoms with Crippen LogP contribution in [0.1, 0.15) is 18.7 Å². The minimum atomic E-state index is -0.459. The molecule has 0 bridgehead atoms. The number of imidazole rings is 1. The average Bonchev–Trinajstić information content (AvgIpc) is 3.30. The van der Waals surface area contributed by atoms with E-state index in [4.69, 9.17) is 10.7 Å². The molecule has 4 N–H and O–H groups in total. The molecule has 4 aromatic rings. The van der Waals surface area contributed by atoms with E-state index >= 15 is 0 Å². The maximum Gasteiger partial charge on any atom is 0.142 e. The normalized spacial score (nSPS) is 17.2. The highest BCUT2D eigenvalue weighted by molar-refractivity contribution is 9.10. The van der Waals surface area contributed by atoms with Gasteiger partial charge in [0.25, 0.3) is 0 Å². The number of halogens is 1. The Labute approximate surface area is 158 Å². The van der Waals surface area contributed by atoms with Gasteiger partial charge in [-0.2, -0.15) is 0 Å². The van der Waals surface area contributed by atoms with Crippen LogP contribution in [0.3, 0.4) is 0 Å². The Morgan fingerprint density at radius 3 is 2.81 bits per heavy atom. The van der Waals surface area contributed by atoms with Gasteiger partial charge >= 0.3 is 0 Å². The van der Waals surface area contributed by atoms with Crippen LogP contribution in [-0.4, -0.2) is 38.0 Å². The molecule has 0 radical (unpaired) electrons. The van der Waals surface area contributed by atoms with Crippen molar-refractivity contribution in [1.29, 1.82) is 0 Å². The van der Waals surface area contributed by atoms with Crippen LogP contribution in [-0.2, 0) is 5.54 Å². The summed E-state index contributed by atoms with van der Waals surface area (Å²) in [6.07, 6.45) is 5.11. The monoisotopic (exact) mass is 411 g/mol. The van der Waals surface area contributed by atoms with Crippen LogP contribution in [0.4, 0.5) is 5.82 Å². The third kappa shape index (κ3) is 2.40. The van der Waals surface area contributed by atoms with Gasteiger partial charge in [-0.15, -0.1) is 0 Å². The van der Waals surface area contributed by atoms with Crippen LogP contribution >= 0.6 is 15.9 Å². The molecule has 0 atom stereocenters. The van der Waals surface area contributed by atoms with Crippen LogP contribution < -0.4 is 10.6 Å². The molecule has 0 aliphatic carbocycles. The molecule has 8 heteroatoms. The number of nitrogens with zero attached hydrogens (tertiary/aromatic N) is 4. The van der Waals surface area contributed by atoms with Crippen molar-refractivity contribution >= 4 is 43.8 Å². The quantitative estimate of drug-likeness (QED) is 0.470. The number of aromatic amines is 2. The number of H-pyrrole nitrogens is 2. The van der Waals surface area contributed by atoms with Gasteiger partial charge in [-0.1, -0.05) is 6.07 Å². The SMILES string of the molecule is NC1(c2nc3c(Br)cccc3[nH]2)CCN(c2ncnc3[nH]ccc23)CC1. The molecule has 0 amide bonds. The van der Waals surface area contributed by atoms with Crippen LogP contribution in [0.25, 0.3) is 22.1 Å². The lowest BCUT2D eigenvalue weighted by atomic mass is 9.88. The molecule has 0 unspecified atom stereocenters. The fraction of sp³-hybridized carbons (Fsp3) is 0.278. The van der Waals surface area contributed by atoms with Crippen molar-refractivity contribution in [1.82, 2.24) is 24.9 Å². The van der Waals surface area contributed by atoms with Crippen LogP contribution in [0.2, 0.25) is 0 Å². The molecule has 1 fully saturated rings. The van der Waals surface area contributed by atoms with Gasteiger partial charge in [0.1, 0.15) is 29.1 Å². The molecule has 4 heterocycles. The summed E-state index contributed by atoms with van der Waals surface area (Å²) in [4.78, 5) is 22.4. The molecule has 26 heavy (non-hydrogen) atoms. The van der Waals surface area contributed by atoms with E-state index < -0.39 is 5.54 Å². The molecule has 132 valence electrons. The molecular weight excluding hydrogens is 394 g/mol. The van der Waals surface area contributed by atoms with Crippen molar-refractivity contribution in [2.75, 3.05) is 18.0 Å². The molecule has 0 spiro atoms. The van der Waals surface area contributed by atoms with Gasteiger partial charge in [0, 0.05) is 23.8 Å². The molecule has 7 nitrogen and oxygen atoms in total. The van der Waals surface area contributed by atoms with E-state index in [0.717, 1.165) is 64.1 Å². The van der Waals surface area contributed by atoms with Crippen LogP contribution in [0, 0.1) is 0 Å². The topological polar surface area (TPSA) is 99.5 Å². The molecule has 0 saturated carbocycles. The molecule has 1 aromatic carbocycles. The first-order valence-corrected chi connectivity index (χ1v) is 9.40. The standard InChI is InChI=1S/C18H18BrN7/c19-12-2-1-3-13-14(12)25-17(24-13)18(20)5-8-26(9-6-18)16-11-4-7-21-15(11)22-10-23-16/h1-4,7,10H,5-6,8-9,20H2,(H,24,25)(H,21,22,23). The van der Waals surface area contributed by atoms with E-state index in [1.54, 1.807) is 6.33 Å². The smallest absolute Gasteiger partial charge is 0.142 e. The van der Waals surface area contributed by atoms with Crippen LogP contribution in [0.5, 0.6) is 0 Å². The van der Waals surface area contributed by atoms with E-state index in [9.17, 15) is 0 Å². The number of fused-ring (bicyclic) bond motifs is 2. The van der Waals surface area contributed by atoms with Crippen molar-refractivity contribution in [2.45, 2.75) is 18.4 Å². The molecule has 1 aliphatic rings. The summed E-state index contributed by atoms with van der Waals surface area (Å²) in [6.45, 7) is 1.65. The maximum atomic E-state index is 6.75. The van der Waals surface area contributed by atoms with Gasteiger partial charge in [0.15, 0.2) is 0 Å². The zero-order chi connectivity index (χ0) is 17.7. The third-order valence-electron chi connectivity index (χ3n) is 5.22. The number of rotatable bonds is 2. The van der Waals surface area contributed by atoms with E-state index in [2.05, 4.69) is 40.8 Å². The summed E-state index contributed by atoms with van der Waals surface area (Å²) >= 11 is 3.56. The average molecular weight is 412 g/mol. The number of piperidine rings is 1. The number of nitrogens with one attached hydrogen (secondary N) is 2. The van der Waals surface area contributed by atoms with Crippen molar-refractivity contribution in [3.8, 4) is 0 Å². The second-order valence-electron chi connectivity index (χ2n) is 6.80. The Morgan fingerprint density at radius 1 is 1.15 bits per heavy atom. The predicted octanol–water partition coefficient (Wildman–Crippen LogP) is 3.05. The van der Waals surface area contributed by atoms with Gasteiger partial charge in [-0.25, -0.2) is 15.0 Å². The zero-order valence-corrected chi connectivity index (χ0v) is 15.6. The maximum absolute atomic E-state index is 6.75. The van der Waals surface area contributed by atoms with E-state index in [0.29, 0.717) is 0 Å². The summed E-state index contributed by atoms with van der Waals surface area (Å²) in [5.74, 6) is 1.82. The molecule has 5 rings (SSSR count). The lowest BCUT2D eigenvalue weighted by Crippen LogP contribution is -2.49. The molecule has 1 aliphatic heterocycles. The first-order valence-electron chi connectivity index (χ1n) is 8.61. The zero-order valence-electron chi connectivity index (χ0n) is 14.0. The second kappa shape index (κ2) is 5.78. The van der Waals surface area contributed by atoms with Crippen LogP contribution in [0.15, 0.2) is 41.3 Å². The van der Waals surface area contributed by atoms with Gasteiger partial charge in [0.2, 0.25) is 0 Å². The predicted molar refractivity (Wildman–Crippen MR) is 105 cm³/mol. The van der Waals surface area contributed by atoms with Crippen molar-refractivity contribution in [3.63, 3.8) is 0 Å². The highest BCUT2D eigenvalue weighted by atomic mass is 79.9. The number of hydrogen-bond donors (Lipinski definition) is 3. The molecule has 1 saturated heterocycles. The number of anilines is 1. The van der Waals surface area contributed by atoms with E-state index in [1.165, 1.54) is 0 Å². The van der Waals surface area contributed by atoms with Gasteiger partial charge in [-0.05, 0) is 47.0 Å². The Hall–Kier alpha value is -2.45. The van der Waals surface area contributed by atoms with Gasteiger partial charge in [0.05, 0.1) is 16.4 Å². The van der Waals surface area contributed by atoms with Gasteiger partial charge in [-0.3, -0.25) is 0 Å². The number of para-hydroxylation sites is 1. The van der Waals surface area contributed by atoms with E-state index in [-0.39, 0.29) is 0 Å². The summed E-state index contributed by atoms with van der Waals surface area (Å²) in [7, 11) is 0. The summed E-state index contributed by atoms with van der Waals surface area (Å²) in [6, 6.07) is 8.04. The number of nitrogens with two attached hydrogens (primary N) is 1. The highest BCUT2D eigenvalue weighted by Gasteiger charge is 2.36. The minimum Gasteiger partial charge on any atom is -0.356 e. The molecular formula is C18H18BrN7. The largest absolute Gasteiger partial charge is 0.356 e. The van der Waals surface area contributed by atoms with Crippen molar-refractivity contribution < 1.29 is 0 Å². The first kappa shape index (κ1) is 15.8. The number of aromatic nitrogens is 5. The van der Waals surface area contributed by atoms with E-state index in [1.807, 2.05) is 30.5 Å². The molecule has 3 aromatic heterocycles. The van der Waals surface area contributed by atoms with Gasteiger partial charge < -0.3 is 20.6 Å². The van der Waals surface area contributed by atoms with Crippen molar-refractivity contribution in [2.24, 2.45) is 5.73 Å². The fourth-order valence-electron chi connectivity index (χ4n) is 3.70. The summed E-state index contributed by atoms with van der Waals surface area (Å²) < 4.78 is 0.981. The Bertz CT molecular complexity index is 1090. The lowest BCUT2D eigenvalue weighted by molar-refractivity contribution is 0.327. The van der Waals surface area contributed by atoms with Crippen molar-refractivity contribution in [3.05, 3.63) is 47.1 Å². The summed E-state index contributed by atoms with van der Waals surface area (Å²) in [5, 5.41) is 1.05. The summed E-state index contributed by atoms with van der Waals surface area (Å²) in [5.41, 5.74) is 9.09. The first-order chi connectivity index (χ1) is 12.6. The number of benzene rings is 1. The highest BCUT2D eigenvalue weighted by Crippen LogP contribution is 2.34. The second-order valence-corrected chi connectivity index (χ2v) is 7.66. The third-order valence-corrected chi connectivity index (χ3v) is 5.86. The fourth-order valence-corrected chi connectivity index (χ4v) is 4.15. The Balaban J connectivity index is 1.43. The number of hydrogen-bond acceptors (Lipinski definition) is 5. The Morgan fingerprint density at radius 2 is 2.00 bits per heavy atom.